The largest absolute Gasteiger partial charge is 0.381 e. The molecule has 0 saturated heterocycles. The Morgan fingerprint density at radius 3 is 2.26 bits per heavy atom. The van der Waals surface area contributed by atoms with E-state index in [-0.39, 0.29) is 0 Å². The fourth-order valence-corrected chi connectivity index (χ4v) is 3.16. The fraction of sp³-hybridized carbons (Fsp3) is 0.222. The van der Waals surface area contributed by atoms with Crippen molar-refractivity contribution in [2.75, 3.05) is 0 Å². The lowest BCUT2D eigenvalue weighted by Gasteiger charge is -2.23. The third kappa shape index (κ3) is 1.73. The maximum Gasteiger partial charge on any atom is 0.113 e. The Hall–Kier alpha value is -1.86. The zero-order valence-electron chi connectivity index (χ0n) is 11.4. The number of allylic oxidation sites excluding steroid dienone is 1. The Balaban J connectivity index is 2.29. The van der Waals surface area contributed by atoms with E-state index < -0.39 is 5.60 Å². The maximum absolute atomic E-state index is 11.0. The highest BCUT2D eigenvalue weighted by molar-refractivity contribution is 6.00. The van der Waals surface area contributed by atoms with Crippen LogP contribution in [0, 0.1) is 0 Å². The van der Waals surface area contributed by atoms with E-state index in [0.717, 1.165) is 23.1 Å². The summed E-state index contributed by atoms with van der Waals surface area (Å²) in [5, 5.41) is 11.0. The molecule has 0 aromatic heterocycles. The van der Waals surface area contributed by atoms with Gasteiger partial charge in [0.1, 0.15) is 5.60 Å². The molecule has 2 aromatic rings. The average Bonchev–Trinajstić information content (AvgIpc) is 2.68. The van der Waals surface area contributed by atoms with Crippen LogP contribution in [0.2, 0.25) is 0 Å². The molecule has 2 aromatic carbocycles. The van der Waals surface area contributed by atoms with Crippen LogP contribution in [-0.2, 0) is 5.60 Å². The molecule has 0 spiro atoms. The van der Waals surface area contributed by atoms with E-state index in [2.05, 4.69) is 25.1 Å². The van der Waals surface area contributed by atoms with E-state index in [1.54, 1.807) is 0 Å². The van der Waals surface area contributed by atoms with E-state index in [1.165, 1.54) is 11.1 Å². The van der Waals surface area contributed by atoms with Crippen molar-refractivity contribution in [3.63, 3.8) is 0 Å². The van der Waals surface area contributed by atoms with Gasteiger partial charge in [-0.3, -0.25) is 0 Å². The number of hydrogen-bond donors (Lipinski definition) is 1. The Bertz CT molecular complexity index is 636. The first-order valence-corrected chi connectivity index (χ1v) is 6.77. The lowest BCUT2D eigenvalue weighted by Crippen LogP contribution is -2.20. The normalized spacial score (nSPS) is 21.6. The van der Waals surface area contributed by atoms with Crippen molar-refractivity contribution in [3.05, 3.63) is 71.3 Å². The first-order chi connectivity index (χ1) is 9.16. The second kappa shape index (κ2) is 4.36. The topological polar surface area (TPSA) is 20.2 Å². The molecular formula is C18H18O. The van der Waals surface area contributed by atoms with Crippen molar-refractivity contribution in [1.29, 1.82) is 0 Å². The molecule has 0 bridgehead atoms. The van der Waals surface area contributed by atoms with Crippen molar-refractivity contribution in [2.45, 2.75) is 25.9 Å². The summed E-state index contributed by atoms with van der Waals surface area (Å²) in [6.45, 7) is 4.05. The zero-order chi connectivity index (χ0) is 13.5. The predicted molar refractivity (Wildman–Crippen MR) is 79.6 cm³/mol. The minimum atomic E-state index is -0.900. The number of aliphatic hydroxyl groups is 1. The van der Waals surface area contributed by atoms with Crippen LogP contribution in [-0.4, -0.2) is 5.11 Å². The minimum absolute atomic E-state index is 0.900. The van der Waals surface area contributed by atoms with E-state index >= 15 is 0 Å². The maximum atomic E-state index is 11.0. The highest BCUT2D eigenvalue weighted by Crippen LogP contribution is 2.50. The fourth-order valence-electron chi connectivity index (χ4n) is 3.16. The van der Waals surface area contributed by atoms with Crippen molar-refractivity contribution in [3.8, 4) is 0 Å². The van der Waals surface area contributed by atoms with Gasteiger partial charge in [0.25, 0.3) is 0 Å². The van der Waals surface area contributed by atoms with Gasteiger partial charge in [0, 0.05) is 0 Å². The summed E-state index contributed by atoms with van der Waals surface area (Å²) in [5.74, 6) is 0. The van der Waals surface area contributed by atoms with E-state index in [9.17, 15) is 5.11 Å². The SMILES string of the molecule is CCC1=C(c2ccccc2)C(C)(O)c2ccccc21. The summed E-state index contributed by atoms with van der Waals surface area (Å²) >= 11 is 0. The second-order valence-electron chi connectivity index (χ2n) is 5.19. The molecular weight excluding hydrogens is 232 g/mol. The summed E-state index contributed by atoms with van der Waals surface area (Å²) in [6, 6.07) is 18.4. The molecule has 0 amide bonds. The van der Waals surface area contributed by atoms with Crippen molar-refractivity contribution >= 4 is 11.1 Å². The number of benzene rings is 2. The van der Waals surface area contributed by atoms with Gasteiger partial charge in [0.15, 0.2) is 0 Å². The third-order valence-electron chi connectivity index (χ3n) is 3.98. The summed E-state index contributed by atoms with van der Waals surface area (Å²) in [4.78, 5) is 0. The summed E-state index contributed by atoms with van der Waals surface area (Å²) in [5.41, 5.74) is 4.73. The number of hydrogen-bond acceptors (Lipinski definition) is 1. The summed E-state index contributed by atoms with van der Waals surface area (Å²) in [6.07, 6.45) is 0.928. The monoisotopic (exact) mass is 250 g/mol. The molecule has 0 radical (unpaired) electrons. The lowest BCUT2D eigenvalue weighted by atomic mass is 9.87. The first-order valence-electron chi connectivity index (χ1n) is 6.77. The first kappa shape index (κ1) is 12.2. The van der Waals surface area contributed by atoms with Crippen molar-refractivity contribution in [2.24, 2.45) is 0 Å². The summed E-state index contributed by atoms with van der Waals surface area (Å²) < 4.78 is 0. The van der Waals surface area contributed by atoms with Crippen LogP contribution in [0.3, 0.4) is 0 Å². The van der Waals surface area contributed by atoms with Crippen LogP contribution >= 0.6 is 0 Å². The van der Waals surface area contributed by atoms with Gasteiger partial charge in [0.05, 0.1) is 0 Å². The van der Waals surface area contributed by atoms with Crippen molar-refractivity contribution < 1.29 is 5.11 Å². The zero-order valence-corrected chi connectivity index (χ0v) is 11.4. The highest BCUT2D eigenvalue weighted by atomic mass is 16.3. The van der Waals surface area contributed by atoms with Crippen LogP contribution in [0.1, 0.15) is 37.0 Å². The smallest absolute Gasteiger partial charge is 0.113 e. The Labute approximate surface area is 114 Å². The molecule has 0 fully saturated rings. The molecule has 1 aliphatic carbocycles. The quantitative estimate of drug-likeness (QED) is 0.845. The average molecular weight is 250 g/mol. The number of rotatable bonds is 2. The molecule has 1 nitrogen and oxygen atoms in total. The second-order valence-corrected chi connectivity index (χ2v) is 5.19. The highest BCUT2D eigenvalue weighted by Gasteiger charge is 2.39. The van der Waals surface area contributed by atoms with Crippen LogP contribution < -0.4 is 0 Å². The lowest BCUT2D eigenvalue weighted by molar-refractivity contribution is 0.125. The van der Waals surface area contributed by atoms with Gasteiger partial charge in [-0.2, -0.15) is 0 Å². The van der Waals surface area contributed by atoms with E-state index in [1.807, 2.05) is 43.3 Å². The summed E-state index contributed by atoms with van der Waals surface area (Å²) in [7, 11) is 0. The van der Waals surface area contributed by atoms with Crippen LogP contribution in [0.25, 0.3) is 11.1 Å². The Kier molecular flexibility index (Phi) is 2.79. The predicted octanol–water partition coefficient (Wildman–Crippen LogP) is 4.23. The van der Waals surface area contributed by atoms with E-state index in [4.69, 9.17) is 0 Å². The van der Waals surface area contributed by atoms with Gasteiger partial charge in [-0.25, -0.2) is 0 Å². The molecule has 0 heterocycles. The molecule has 3 rings (SSSR count). The molecule has 1 N–H and O–H groups in total. The van der Waals surface area contributed by atoms with Gasteiger partial charge < -0.3 is 5.11 Å². The molecule has 0 aliphatic heterocycles. The Morgan fingerprint density at radius 1 is 0.947 bits per heavy atom. The molecule has 1 heteroatoms. The molecule has 1 aliphatic rings. The molecule has 1 unspecified atom stereocenters. The van der Waals surface area contributed by atoms with Crippen molar-refractivity contribution in [1.82, 2.24) is 0 Å². The van der Waals surface area contributed by atoms with Gasteiger partial charge in [-0.15, -0.1) is 0 Å². The third-order valence-corrected chi connectivity index (χ3v) is 3.98. The van der Waals surface area contributed by atoms with Crippen LogP contribution in [0.4, 0.5) is 0 Å². The Morgan fingerprint density at radius 2 is 1.58 bits per heavy atom. The van der Waals surface area contributed by atoms with Gasteiger partial charge in [-0.05, 0) is 41.2 Å². The molecule has 0 saturated carbocycles. The number of fused-ring (bicyclic) bond motifs is 1. The molecule has 1 atom stereocenters. The van der Waals surface area contributed by atoms with Crippen LogP contribution in [0.15, 0.2) is 54.6 Å². The van der Waals surface area contributed by atoms with Gasteiger partial charge in [-0.1, -0.05) is 61.5 Å². The van der Waals surface area contributed by atoms with Gasteiger partial charge in [0.2, 0.25) is 0 Å². The van der Waals surface area contributed by atoms with Gasteiger partial charge >= 0.3 is 0 Å². The molecule has 96 valence electrons. The van der Waals surface area contributed by atoms with E-state index in [0.29, 0.717) is 0 Å². The standard InChI is InChI=1S/C18H18O/c1-3-14-15-11-7-8-12-16(15)18(2,19)17(14)13-9-5-4-6-10-13/h4-12,19H,3H2,1-2H3. The van der Waals surface area contributed by atoms with Crippen LogP contribution in [0.5, 0.6) is 0 Å². The molecule has 19 heavy (non-hydrogen) atoms. The minimum Gasteiger partial charge on any atom is -0.381 e.